The number of amides is 2. The molecular weight excluding hydrogens is 440 g/mol. The zero-order valence-electron chi connectivity index (χ0n) is 18.6. The van der Waals surface area contributed by atoms with Gasteiger partial charge in [0, 0.05) is 10.4 Å². The summed E-state index contributed by atoms with van der Waals surface area (Å²) in [5.41, 5.74) is 9.31. The molecule has 0 fully saturated rings. The molecule has 7 nitrogen and oxygen atoms in total. The molecule has 3 aromatic rings. The van der Waals surface area contributed by atoms with Crippen molar-refractivity contribution in [3.05, 3.63) is 75.0 Å². The Bertz CT molecular complexity index is 1130. The van der Waals surface area contributed by atoms with E-state index < -0.39 is 5.91 Å². The van der Waals surface area contributed by atoms with Crippen LogP contribution in [-0.2, 0) is 17.6 Å². The van der Waals surface area contributed by atoms with Gasteiger partial charge >= 0.3 is 0 Å². The fraction of sp³-hybridized carbons (Fsp3) is 0.280. The first-order chi connectivity index (χ1) is 16.0. The normalized spacial score (nSPS) is 13.2. The van der Waals surface area contributed by atoms with E-state index in [2.05, 4.69) is 23.5 Å². The third kappa shape index (κ3) is 4.96. The standard InChI is InChI=1S/C25H26N2O5S/c1-30-19-12-18(13-20(31-2)24(19)32-14-22(26)28)25(29)27-23(21-7-4-10-33-21)17-9-8-15-5-3-6-16(15)11-17/h4,7-13,23H,3,5-6,14H2,1-2H3,(H2,26,28)(H,27,29)/t23-/m1/s1. The quantitative estimate of drug-likeness (QED) is 0.502. The first-order valence-corrected chi connectivity index (χ1v) is 11.5. The van der Waals surface area contributed by atoms with E-state index in [0.717, 1.165) is 23.3 Å². The van der Waals surface area contributed by atoms with E-state index in [0.29, 0.717) is 5.56 Å². The molecule has 4 rings (SSSR count). The Balaban J connectivity index is 1.65. The third-order valence-electron chi connectivity index (χ3n) is 5.64. The number of carbonyl (C=O) groups is 2. The molecule has 2 amide bonds. The summed E-state index contributed by atoms with van der Waals surface area (Å²) in [6.45, 7) is -0.336. The van der Waals surface area contributed by atoms with Gasteiger partial charge in [-0.05, 0) is 59.5 Å². The van der Waals surface area contributed by atoms with Gasteiger partial charge < -0.3 is 25.3 Å². The molecule has 0 spiro atoms. The fourth-order valence-corrected chi connectivity index (χ4v) is 4.86. The molecule has 172 valence electrons. The lowest BCUT2D eigenvalue weighted by molar-refractivity contribution is -0.120. The van der Waals surface area contributed by atoms with Crippen molar-refractivity contribution in [1.29, 1.82) is 0 Å². The second-order valence-electron chi connectivity index (χ2n) is 7.77. The predicted molar refractivity (Wildman–Crippen MR) is 126 cm³/mol. The summed E-state index contributed by atoms with van der Waals surface area (Å²) in [7, 11) is 2.90. The topological polar surface area (TPSA) is 99.9 Å². The zero-order valence-corrected chi connectivity index (χ0v) is 19.4. The summed E-state index contributed by atoms with van der Waals surface area (Å²) in [5, 5.41) is 5.16. The third-order valence-corrected chi connectivity index (χ3v) is 6.58. The minimum absolute atomic E-state index is 0.212. The summed E-state index contributed by atoms with van der Waals surface area (Å²) in [4.78, 5) is 25.5. The monoisotopic (exact) mass is 466 g/mol. The first-order valence-electron chi connectivity index (χ1n) is 10.6. The van der Waals surface area contributed by atoms with Crippen LogP contribution in [0.4, 0.5) is 0 Å². The van der Waals surface area contributed by atoms with Crippen molar-refractivity contribution in [3.63, 3.8) is 0 Å². The number of thiophene rings is 1. The molecule has 1 aliphatic rings. The molecule has 0 aliphatic heterocycles. The van der Waals surface area contributed by atoms with Gasteiger partial charge in [-0.3, -0.25) is 9.59 Å². The molecule has 8 heteroatoms. The zero-order chi connectivity index (χ0) is 23.4. The van der Waals surface area contributed by atoms with Gasteiger partial charge in [-0.2, -0.15) is 0 Å². The number of nitrogens with two attached hydrogens (primary N) is 1. The van der Waals surface area contributed by atoms with Crippen LogP contribution >= 0.6 is 11.3 Å². The number of benzene rings is 2. The second-order valence-corrected chi connectivity index (χ2v) is 8.75. The second kappa shape index (κ2) is 9.95. The number of carbonyl (C=O) groups excluding carboxylic acids is 2. The highest BCUT2D eigenvalue weighted by atomic mass is 32.1. The molecule has 1 atom stereocenters. The highest BCUT2D eigenvalue weighted by molar-refractivity contribution is 7.10. The van der Waals surface area contributed by atoms with Crippen molar-refractivity contribution in [2.75, 3.05) is 20.8 Å². The Morgan fingerprint density at radius 3 is 2.42 bits per heavy atom. The Labute approximate surface area is 196 Å². The molecule has 0 radical (unpaired) electrons. The maximum Gasteiger partial charge on any atom is 0.255 e. The number of aryl methyl sites for hydroxylation is 2. The van der Waals surface area contributed by atoms with Crippen LogP contribution in [0.3, 0.4) is 0 Å². The predicted octanol–water partition coefficient (Wildman–Crippen LogP) is 3.64. The number of methoxy groups -OCH3 is 2. The van der Waals surface area contributed by atoms with E-state index in [4.69, 9.17) is 19.9 Å². The van der Waals surface area contributed by atoms with E-state index in [9.17, 15) is 9.59 Å². The van der Waals surface area contributed by atoms with E-state index in [1.165, 1.54) is 31.8 Å². The van der Waals surface area contributed by atoms with Crippen molar-refractivity contribution in [2.45, 2.75) is 25.3 Å². The van der Waals surface area contributed by atoms with Crippen LogP contribution in [0.1, 0.15) is 44.4 Å². The Morgan fingerprint density at radius 1 is 1.06 bits per heavy atom. The maximum absolute atomic E-state index is 13.3. The van der Waals surface area contributed by atoms with Crippen LogP contribution in [-0.4, -0.2) is 32.6 Å². The molecule has 0 unspecified atom stereocenters. The molecule has 3 N–H and O–H groups in total. The van der Waals surface area contributed by atoms with Crippen molar-refractivity contribution < 1.29 is 23.8 Å². The average molecular weight is 467 g/mol. The van der Waals surface area contributed by atoms with Crippen LogP contribution in [0.2, 0.25) is 0 Å². The van der Waals surface area contributed by atoms with E-state index in [1.807, 2.05) is 17.5 Å². The number of primary amides is 1. The Kier molecular flexibility index (Phi) is 6.84. The molecule has 33 heavy (non-hydrogen) atoms. The maximum atomic E-state index is 13.3. The van der Waals surface area contributed by atoms with Crippen LogP contribution < -0.4 is 25.3 Å². The average Bonchev–Trinajstić information content (AvgIpc) is 3.52. The van der Waals surface area contributed by atoms with Crippen LogP contribution in [0, 0.1) is 0 Å². The van der Waals surface area contributed by atoms with Crippen LogP contribution in [0.15, 0.2) is 47.8 Å². The van der Waals surface area contributed by atoms with Crippen LogP contribution in [0.5, 0.6) is 17.2 Å². The molecular formula is C25H26N2O5S. The van der Waals surface area contributed by atoms with E-state index in [1.54, 1.807) is 23.5 Å². The lowest BCUT2D eigenvalue weighted by atomic mass is 9.99. The van der Waals surface area contributed by atoms with Gasteiger partial charge in [-0.15, -0.1) is 11.3 Å². The highest BCUT2D eigenvalue weighted by Crippen LogP contribution is 2.39. The molecule has 2 aromatic carbocycles. The van der Waals surface area contributed by atoms with Crippen molar-refractivity contribution in [3.8, 4) is 17.2 Å². The molecule has 0 saturated heterocycles. The summed E-state index contributed by atoms with van der Waals surface area (Å²) in [6, 6.07) is 13.3. The molecule has 1 aliphatic carbocycles. The first kappa shape index (κ1) is 22.7. The van der Waals surface area contributed by atoms with Gasteiger partial charge in [-0.25, -0.2) is 0 Å². The van der Waals surface area contributed by atoms with Gasteiger partial charge in [0.25, 0.3) is 11.8 Å². The summed E-state index contributed by atoms with van der Waals surface area (Å²) >= 11 is 1.60. The smallest absolute Gasteiger partial charge is 0.255 e. The molecule has 0 saturated carbocycles. The number of rotatable bonds is 9. The molecule has 0 bridgehead atoms. The number of fused-ring (bicyclic) bond motifs is 1. The minimum atomic E-state index is -0.630. The van der Waals surface area contributed by atoms with E-state index in [-0.39, 0.29) is 35.8 Å². The van der Waals surface area contributed by atoms with Crippen molar-refractivity contribution in [2.24, 2.45) is 5.73 Å². The van der Waals surface area contributed by atoms with Gasteiger partial charge in [0.15, 0.2) is 18.1 Å². The largest absolute Gasteiger partial charge is 0.493 e. The minimum Gasteiger partial charge on any atom is -0.493 e. The van der Waals surface area contributed by atoms with E-state index >= 15 is 0 Å². The highest BCUT2D eigenvalue weighted by Gasteiger charge is 2.23. The summed E-state index contributed by atoms with van der Waals surface area (Å²) in [6.07, 6.45) is 3.34. The Morgan fingerprint density at radius 2 is 1.79 bits per heavy atom. The molecule has 1 aromatic heterocycles. The van der Waals surface area contributed by atoms with Gasteiger partial charge in [0.1, 0.15) is 0 Å². The SMILES string of the molecule is COc1cc(C(=O)N[C@H](c2ccc3c(c2)CCC3)c2cccs2)cc(OC)c1OCC(N)=O. The van der Waals surface area contributed by atoms with Gasteiger partial charge in [-0.1, -0.05) is 24.3 Å². The van der Waals surface area contributed by atoms with Crippen molar-refractivity contribution in [1.82, 2.24) is 5.32 Å². The van der Waals surface area contributed by atoms with Gasteiger partial charge in [0.2, 0.25) is 5.75 Å². The lowest BCUT2D eigenvalue weighted by Gasteiger charge is -2.20. The number of hydrogen-bond donors (Lipinski definition) is 2. The molecule has 1 heterocycles. The van der Waals surface area contributed by atoms with Crippen molar-refractivity contribution >= 4 is 23.2 Å². The summed E-state index contributed by atoms with van der Waals surface area (Å²) in [5.74, 6) is -0.165. The fourth-order valence-electron chi connectivity index (χ4n) is 4.06. The number of hydrogen-bond acceptors (Lipinski definition) is 6. The Hall–Kier alpha value is -3.52. The van der Waals surface area contributed by atoms with Gasteiger partial charge in [0.05, 0.1) is 20.3 Å². The number of ether oxygens (including phenoxy) is 3. The number of nitrogens with one attached hydrogen (secondary N) is 1. The lowest BCUT2D eigenvalue weighted by Crippen LogP contribution is -2.29. The summed E-state index contributed by atoms with van der Waals surface area (Å²) < 4.78 is 16.2. The van der Waals surface area contributed by atoms with Crippen LogP contribution in [0.25, 0.3) is 0 Å².